The molecule has 1 aromatic rings. The molecule has 5 atom stereocenters. The van der Waals surface area contributed by atoms with Crippen LogP contribution >= 0.6 is 0 Å². The lowest BCUT2D eigenvalue weighted by Gasteiger charge is -2.40. The van der Waals surface area contributed by atoms with Gasteiger partial charge in [0.2, 0.25) is 0 Å². The van der Waals surface area contributed by atoms with E-state index in [9.17, 15) is 15.3 Å². The molecule has 0 saturated carbocycles. The Balaban J connectivity index is 1.96. The van der Waals surface area contributed by atoms with E-state index in [2.05, 4.69) is 5.32 Å². The Bertz CT molecular complexity index is 388. The molecule has 1 aliphatic rings. The molecule has 1 aromatic carbocycles. The largest absolute Gasteiger partial charge is 0.394 e. The Kier molecular flexibility index (Phi) is 4.87. The Morgan fingerprint density at radius 3 is 2.37 bits per heavy atom. The molecular formula is C13H19NO5. The number of rotatable bonds is 4. The molecule has 6 nitrogen and oxygen atoms in total. The highest BCUT2D eigenvalue weighted by Gasteiger charge is 2.43. The first-order chi connectivity index (χ1) is 9.13. The molecule has 5 N–H and O–H groups in total. The van der Waals surface area contributed by atoms with E-state index in [4.69, 9.17) is 9.84 Å². The molecule has 0 spiro atoms. The Labute approximate surface area is 111 Å². The van der Waals surface area contributed by atoms with Crippen LogP contribution < -0.4 is 5.32 Å². The molecule has 19 heavy (non-hydrogen) atoms. The van der Waals surface area contributed by atoms with Crippen molar-refractivity contribution in [2.24, 2.45) is 0 Å². The quantitative estimate of drug-likeness (QED) is 0.459. The molecule has 0 radical (unpaired) electrons. The number of hydrogen-bond donors (Lipinski definition) is 5. The smallest absolute Gasteiger partial charge is 0.173 e. The first-order valence-electron chi connectivity index (χ1n) is 6.21. The summed E-state index contributed by atoms with van der Waals surface area (Å²) in [7, 11) is 0. The second-order valence-corrected chi connectivity index (χ2v) is 4.62. The molecule has 0 aliphatic carbocycles. The second kappa shape index (κ2) is 6.42. The molecule has 1 fully saturated rings. The zero-order valence-corrected chi connectivity index (χ0v) is 10.4. The van der Waals surface area contributed by atoms with E-state index in [1.165, 1.54) is 0 Å². The zero-order chi connectivity index (χ0) is 13.8. The van der Waals surface area contributed by atoms with Crippen LogP contribution in [0.2, 0.25) is 0 Å². The second-order valence-electron chi connectivity index (χ2n) is 4.62. The van der Waals surface area contributed by atoms with E-state index >= 15 is 0 Å². The van der Waals surface area contributed by atoms with Crippen LogP contribution in [0.3, 0.4) is 0 Å². The van der Waals surface area contributed by atoms with Crippen LogP contribution in [-0.2, 0) is 11.3 Å². The third-order valence-electron chi connectivity index (χ3n) is 3.28. The average Bonchev–Trinajstić information content (AvgIpc) is 2.44. The Morgan fingerprint density at radius 1 is 1.05 bits per heavy atom. The molecule has 2 rings (SSSR count). The predicted octanol–water partition coefficient (Wildman–Crippen LogP) is -1.42. The van der Waals surface area contributed by atoms with Crippen LogP contribution in [-0.4, -0.2) is 57.7 Å². The number of nitrogens with one attached hydrogen (secondary N) is 1. The first-order valence-corrected chi connectivity index (χ1v) is 6.21. The number of hydrogen-bond acceptors (Lipinski definition) is 6. The van der Waals surface area contributed by atoms with Gasteiger partial charge in [0, 0.05) is 6.54 Å². The summed E-state index contributed by atoms with van der Waals surface area (Å²) in [6.45, 7) is -0.0276. The fourth-order valence-corrected chi connectivity index (χ4v) is 2.15. The van der Waals surface area contributed by atoms with Crippen molar-refractivity contribution < 1.29 is 25.2 Å². The standard InChI is InChI=1S/C13H19NO5/c15-7-9-11(16)12(17)10(13(18)19-9)14-6-8-4-2-1-3-5-8/h1-5,9-18H,6-7H2/t9-,10-,11-,12-,13-/m1/s1. The predicted molar refractivity (Wildman–Crippen MR) is 67.0 cm³/mol. The molecular weight excluding hydrogens is 250 g/mol. The van der Waals surface area contributed by atoms with Gasteiger partial charge >= 0.3 is 0 Å². The van der Waals surface area contributed by atoms with Crippen molar-refractivity contribution in [3.8, 4) is 0 Å². The summed E-state index contributed by atoms with van der Waals surface area (Å²) in [5.74, 6) is 0. The SMILES string of the molecule is OC[C@H]1O[C@@H](O)[C@H](NCc2ccccc2)[C@@H](O)[C@@H]1O. The lowest BCUT2D eigenvalue weighted by molar-refractivity contribution is -0.254. The fourth-order valence-electron chi connectivity index (χ4n) is 2.15. The summed E-state index contributed by atoms with van der Waals surface area (Å²) < 4.78 is 5.05. The van der Waals surface area contributed by atoms with Crippen molar-refractivity contribution in [3.63, 3.8) is 0 Å². The van der Waals surface area contributed by atoms with Crippen LogP contribution in [0.5, 0.6) is 0 Å². The van der Waals surface area contributed by atoms with Crippen LogP contribution in [0.1, 0.15) is 5.56 Å². The normalized spacial score (nSPS) is 35.3. The van der Waals surface area contributed by atoms with Gasteiger partial charge in [-0.05, 0) is 5.56 Å². The van der Waals surface area contributed by atoms with E-state index in [1.807, 2.05) is 30.3 Å². The van der Waals surface area contributed by atoms with Gasteiger partial charge in [0.1, 0.15) is 18.3 Å². The maximum Gasteiger partial charge on any atom is 0.173 e. The number of benzene rings is 1. The minimum Gasteiger partial charge on any atom is -0.394 e. The molecule has 0 unspecified atom stereocenters. The fraction of sp³-hybridized carbons (Fsp3) is 0.538. The van der Waals surface area contributed by atoms with Crippen molar-refractivity contribution in [2.75, 3.05) is 6.61 Å². The molecule has 6 heteroatoms. The summed E-state index contributed by atoms with van der Waals surface area (Å²) in [6.07, 6.45) is -4.69. The zero-order valence-electron chi connectivity index (χ0n) is 10.4. The van der Waals surface area contributed by atoms with E-state index in [0.29, 0.717) is 6.54 Å². The maximum atomic E-state index is 9.92. The summed E-state index contributed by atoms with van der Waals surface area (Å²) >= 11 is 0. The van der Waals surface area contributed by atoms with Gasteiger partial charge in [0.05, 0.1) is 12.6 Å². The lowest BCUT2D eigenvalue weighted by atomic mass is 9.97. The average molecular weight is 269 g/mol. The maximum absolute atomic E-state index is 9.92. The summed E-state index contributed by atoms with van der Waals surface area (Å²) in [4.78, 5) is 0. The van der Waals surface area contributed by atoms with Gasteiger partial charge in [0.15, 0.2) is 6.29 Å². The van der Waals surface area contributed by atoms with Gasteiger partial charge < -0.3 is 30.5 Å². The van der Waals surface area contributed by atoms with E-state index in [1.54, 1.807) is 0 Å². The van der Waals surface area contributed by atoms with Gasteiger partial charge in [-0.3, -0.25) is 0 Å². The van der Waals surface area contributed by atoms with Gasteiger partial charge in [0.25, 0.3) is 0 Å². The molecule has 0 bridgehead atoms. The first kappa shape index (κ1) is 14.4. The molecule has 1 aliphatic heterocycles. The minimum absolute atomic E-state index is 0.430. The third-order valence-corrected chi connectivity index (χ3v) is 3.28. The van der Waals surface area contributed by atoms with Crippen LogP contribution in [0, 0.1) is 0 Å². The summed E-state index contributed by atoms with van der Waals surface area (Å²) in [5, 5.41) is 41.3. The molecule has 0 aromatic heterocycles. The monoisotopic (exact) mass is 269 g/mol. The van der Waals surface area contributed by atoms with Crippen molar-refractivity contribution >= 4 is 0 Å². The molecule has 106 valence electrons. The lowest BCUT2D eigenvalue weighted by Crippen LogP contribution is -2.63. The van der Waals surface area contributed by atoms with E-state index in [0.717, 1.165) is 5.56 Å². The van der Waals surface area contributed by atoms with Gasteiger partial charge in [-0.1, -0.05) is 30.3 Å². The minimum atomic E-state index is -1.28. The molecule has 1 saturated heterocycles. The van der Waals surface area contributed by atoms with Crippen molar-refractivity contribution in [1.82, 2.24) is 5.32 Å². The molecule has 0 amide bonds. The summed E-state index contributed by atoms with van der Waals surface area (Å²) in [6, 6.07) is 8.67. The van der Waals surface area contributed by atoms with Crippen LogP contribution in [0.15, 0.2) is 30.3 Å². The number of aliphatic hydroxyl groups excluding tert-OH is 4. The highest BCUT2D eigenvalue weighted by atomic mass is 16.6. The van der Waals surface area contributed by atoms with Gasteiger partial charge in [-0.25, -0.2) is 0 Å². The van der Waals surface area contributed by atoms with Crippen LogP contribution in [0.25, 0.3) is 0 Å². The third kappa shape index (κ3) is 3.30. The molecule has 1 heterocycles. The van der Waals surface area contributed by atoms with Gasteiger partial charge in [-0.2, -0.15) is 0 Å². The van der Waals surface area contributed by atoms with E-state index in [-0.39, 0.29) is 0 Å². The number of ether oxygens (including phenoxy) is 1. The van der Waals surface area contributed by atoms with Crippen molar-refractivity contribution in [2.45, 2.75) is 37.2 Å². The van der Waals surface area contributed by atoms with Gasteiger partial charge in [-0.15, -0.1) is 0 Å². The van der Waals surface area contributed by atoms with Crippen molar-refractivity contribution in [1.29, 1.82) is 0 Å². The Morgan fingerprint density at radius 2 is 1.74 bits per heavy atom. The van der Waals surface area contributed by atoms with Crippen LogP contribution in [0.4, 0.5) is 0 Å². The topological polar surface area (TPSA) is 102 Å². The highest BCUT2D eigenvalue weighted by Crippen LogP contribution is 2.20. The van der Waals surface area contributed by atoms with E-state index < -0.39 is 37.3 Å². The number of aliphatic hydroxyl groups is 4. The summed E-state index contributed by atoms with van der Waals surface area (Å²) in [5.41, 5.74) is 0.987. The Hall–Kier alpha value is -1.02. The van der Waals surface area contributed by atoms with Crippen molar-refractivity contribution in [3.05, 3.63) is 35.9 Å². The highest BCUT2D eigenvalue weighted by molar-refractivity contribution is 5.14.